The molecule has 0 bridgehead atoms. The highest BCUT2D eigenvalue weighted by atomic mass is 32.2. The normalized spacial score (nSPS) is 13.7. The van der Waals surface area contributed by atoms with Gasteiger partial charge < -0.3 is 24.7 Å². The molecule has 10 nitrogen and oxygen atoms in total. The summed E-state index contributed by atoms with van der Waals surface area (Å²) in [5.41, 5.74) is 7.26. The number of fused-ring (bicyclic) bond motifs is 1. The number of ether oxygens (including phenoxy) is 1. The zero-order valence-electron chi connectivity index (χ0n) is 19.2. The minimum atomic E-state index is -3.37. The Morgan fingerprint density at radius 1 is 1.24 bits per heavy atom. The fourth-order valence-electron chi connectivity index (χ4n) is 2.93. The summed E-state index contributed by atoms with van der Waals surface area (Å²) < 4.78 is 26.6. The van der Waals surface area contributed by atoms with Gasteiger partial charge >= 0.3 is 0 Å². The molecule has 1 atom stereocenters. The van der Waals surface area contributed by atoms with Crippen LogP contribution in [0.5, 0.6) is 0 Å². The van der Waals surface area contributed by atoms with E-state index < -0.39 is 13.1 Å². The number of aromatic nitrogens is 3. The number of imidazole rings is 1. The Kier molecular flexibility index (Phi) is 9.24. The van der Waals surface area contributed by atoms with Crippen molar-refractivity contribution in [2.45, 2.75) is 32.5 Å². The molecule has 0 saturated carbocycles. The van der Waals surface area contributed by atoms with Crippen LogP contribution in [0.3, 0.4) is 0 Å². The first-order valence-electron chi connectivity index (χ1n) is 10.7. The number of pyridine rings is 1. The molecular formula is C22H30N5O5PS. The highest BCUT2D eigenvalue weighted by molar-refractivity contribution is 8.13. The summed E-state index contributed by atoms with van der Waals surface area (Å²) in [7, 11) is -3.37. The predicted octanol–water partition coefficient (Wildman–Crippen LogP) is 3.02. The Morgan fingerprint density at radius 2 is 2.00 bits per heavy atom. The van der Waals surface area contributed by atoms with Crippen molar-refractivity contribution in [2.75, 3.05) is 31.0 Å². The van der Waals surface area contributed by atoms with Gasteiger partial charge in [-0.3, -0.25) is 9.36 Å². The van der Waals surface area contributed by atoms with E-state index in [2.05, 4.69) is 15.1 Å². The molecule has 0 aliphatic rings. The average molecular weight is 508 g/mol. The van der Waals surface area contributed by atoms with Crippen LogP contribution in [0.2, 0.25) is 0 Å². The number of hydrogen-bond donors (Lipinski definition) is 3. The molecule has 1 aromatic carbocycles. The average Bonchev–Trinajstić information content (AvgIpc) is 3.23. The molecule has 12 heteroatoms. The van der Waals surface area contributed by atoms with E-state index in [4.69, 9.17) is 15.0 Å². The highest BCUT2D eigenvalue weighted by Crippen LogP contribution is 2.42. The van der Waals surface area contributed by atoms with E-state index in [-0.39, 0.29) is 30.4 Å². The van der Waals surface area contributed by atoms with Crippen LogP contribution in [-0.2, 0) is 31.7 Å². The second-order valence-corrected chi connectivity index (χ2v) is 11.3. The molecule has 0 spiro atoms. The summed E-state index contributed by atoms with van der Waals surface area (Å²) in [6, 6.07) is 11.2. The molecule has 0 saturated heterocycles. The van der Waals surface area contributed by atoms with Crippen molar-refractivity contribution >= 4 is 41.2 Å². The number of benzene rings is 1. The quantitative estimate of drug-likeness (QED) is 0.233. The van der Waals surface area contributed by atoms with Crippen molar-refractivity contribution in [3.63, 3.8) is 0 Å². The molecular weight excluding hydrogens is 477 g/mol. The van der Waals surface area contributed by atoms with Gasteiger partial charge in [0.15, 0.2) is 5.65 Å². The van der Waals surface area contributed by atoms with Gasteiger partial charge in [0.05, 0.1) is 25.2 Å². The van der Waals surface area contributed by atoms with Crippen LogP contribution in [-0.4, -0.2) is 55.7 Å². The minimum Gasteiger partial charge on any atom is -0.397 e. The number of carbonyl (C=O) groups is 1. The van der Waals surface area contributed by atoms with Gasteiger partial charge in [-0.2, -0.15) is 0 Å². The Hall–Kier alpha value is -2.27. The lowest BCUT2D eigenvalue weighted by Gasteiger charge is -2.20. The van der Waals surface area contributed by atoms with E-state index in [0.717, 1.165) is 17.3 Å². The predicted molar refractivity (Wildman–Crippen MR) is 133 cm³/mol. The molecule has 3 aromatic rings. The Bertz CT molecular complexity index is 1140. The van der Waals surface area contributed by atoms with Crippen molar-refractivity contribution in [2.24, 2.45) is 0 Å². The van der Waals surface area contributed by atoms with Crippen LogP contribution in [0.25, 0.3) is 11.2 Å². The van der Waals surface area contributed by atoms with Gasteiger partial charge in [0.25, 0.3) is 7.52 Å². The molecule has 34 heavy (non-hydrogen) atoms. The van der Waals surface area contributed by atoms with Crippen molar-refractivity contribution in [3.05, 3.63) is 54.5 Å². The summed E-state index contributed by atoms with van der Waals surface area (Å²) in [5, 5.41) is 12.3. The Morgan fingerprint density at radius 3 is 2.74 bits per heavy atom. The maximum absolute atomic E-state index is 13.4. The molecule has 0 amide bonds. The molecule has 1 unspecified atom stereocenters. The number of nitrogens with two attached hydrogens (primary N) is 1. The summed E-state index contributed by atoms with van der Waals surface area (Å²) >= 11 is 0.936. The molecule has 0 radical (unpaired) electrons. The van der Waals surface area contributed by atoms with Crippen molar-refractivity contribution in [1.29, 1.82) is 0 Å². The van der Waals surface area contributed by atoms with E-state index in [0.29, 0.717) is 29.9 Å². The first-order chi connectivity index (χ1) is 16.2. The number of nitrogen functional groups attached to an aromatic ring is 1. The Labute approximate surface area is 202 Å². The number of nitrogens with zero attached hydrogens (tertiary/aromatic N) is 3. The second kappa shape index (κ2) is 11.9. The van der Waals surface area contributed by atoms with Gasteiger partial charge in [-0.1, -0.05) is 42.1 Å². The SMILES string of the molecule is CC(C)(O)C(=O)SCCOP(=O)(COCCn1cnc2c(N)ccnc21)NCc1ccccc1. The van der Waals surface area contributed by atoms with Crippen LogP contribution in [0.1, 0.15) is 19.4 Å². The first-order valence-corrected chi connectivity index (χ1v) is 13.5. The van der Waals surface area contributed by atoms with Gasteiger partial charge in [0.2, 0.25) is 5.12 Å². The number of nitrogens with one attached hydrogen (secondary N) is 1. The lowest BCUT2D eigenvalue weighted by molar-refractivity contribution is -0.124. The van der Waals surface area contributed by atoms with E-state index in [1.54, 1.807) is 18.6 Å². The highest BCUT2D eigenvalue weighted by Gasteiger charge is 2.26. The number of anilines is 1. The van der Waals surface area contributed by atoms with Crippen molar-refractivity contribution in [3.8, 4) is 0 Å². The lowest BCUT2D eigenvalue weighted by Crippen LogP contribution is -2.29. The third kappa shape index (κ3) is 7.63. The van der Waals surface area contributed by atoms with Crippen molar-refractivity contribution in [1.82, 2.24) is 19.6 Å². The second-order valence-electron chi connectivity index (χ2n) is 8.07. The number of aliphatic hydroxyl groups is 1. The van der Waals surface area contributed by atoms with Gasteiger partial charge in [-0.15, -0.1) is 0 Å². The number of thioether (sulfide) groups is 1. The molecule has 2 aromatic heterocycles. The lowest BCUT2D eigenvalue weighted by atomic mass is 10.2. The standard InChI is InChI=1S/C22H30N5O5PS/c1-22(2,29)21(28)34-13-12-32-33(30,26-14-17-6-4-3-5-7-17)16-31-11-10-27-15-25-19-18(23)8-9-24-20(19)27/h3-9,15,29H,10-14,16H2,1-2H3,(H2,23,24)(H,26,30). The number of hydrogen-bond acceptors (Lipinski definition) is 9. The Balaban J connectivity index is 1.54. The van der Waals surface area contributed by atoms with Crippen LogP contribution < -0.4 is 10.8 Å². The van der Waals surface area contributed by atoms with Gasteiger partial charge in [0.1, 0.15) is 17.5 Å². The molecule has 184 valence electrons. The zero-order valence-corrected chi connectivity index (χ0v) is 20.9. The maximum atomic E-state index is 13.4. The van der Waals surface area contributed by atoms with Crippen LogP contribution in [0.15, 0.2) is 48.9 Å². The summed E-state index contributed by atoms with van der Waals surface area (Å²) in [4.78, 5) is 20.4. The third-order valence-corrected chi connectivity index (χ3v) is 7.65. The van der Waals surface area contributed by atoms with Gasteiger partial charge in [0, 0.05) is 25.0 Å². The third-order valence-electron chi connectivity index (χ3n) is 4.75. The zero-order chi connectivity index (χ0) is 24.6. The van der Waals surface area contributed by atoms with E-state index >= 15 is 0 Å². The summed E-state index contributed by atoms with van der Waals surface area (Å²) in [6.07, 6.45) is 3.11. The van der Waals surface area contributed by atoms with E-state index in [1.807, 2.05) is 34.9 Å². The fraction of sp³-hybridized carbons (Fsp3) is 0.409. The maximum Gasteiger partial charge on any atom is 0.295 e. The summed E-state index contributed by atoms with van der Waals surface area (Å²) in [5.74, 6) is 0.258. The molecule has 0 fully saturated rings. The molecule has 0 aliphatic carbocycles. The molecule has 3 rings (SSSR count). The monoisotopic (exact) mass is 507 g/mol. The first kappa shape index (κ1) is 26.3. The largest absolute Gasteiger partial charge is 0.397 e. The topological polar surface area (TPSA) is 142 Å². The number of rotatable bonds is 13. The van der Waals surface area contributed by atoms with E-state index in [9.17, 15) is 14.5 Å². The molecule has 0 aliphatic heterocycles. The van der Waals surface area contributed by atoms with Crippen LogP contribution in [0, 0.1) is 0 Å². The van der Waals surface area contributed by atoms with Crippen LogP contribution >= 0.6 is 19.3 Å². The van der Waals surface area contributed by atoms with Gasteiger partial charge in [-0.05, 0) is 25.5 Å². The number of carbonyl (C=O) groups excluding carboxylic acids is 1. The van der Waals surface area contributed by atoms with Crippen molar-refractivity contribution < 1.29 is 23.7 Å². The molecule has 2 heterocycles. The summed E-state index contributed by atoms with van der Waals surface area (Å²) in [6.45, 7) is 3.96. The fourth-order valence-corrected chi connectivity index (χ4v) is 5.19. The minimum absolute atomic E-state index is 0.0598. The van der Waals surface area contributed by atoms with E-state index in [1.165, 1.54) is 13.8 Å². The smallest absolute Gasteiger partial charge is 0.295 e. The molecule has 4 N–H and O–H groups in total. The van der Waals surface area contributed by atoms with Crippen LogP contribution in [0.4, 0.5) is 5.69 Å². The van der Waals surface area contributed by atoms with Gasteiger partial charge in [-0.25, -0.2) is 15.1 Å².